The second-order valence-corrected chi connectivity index (χ2v) is 6.20. The topological polar surface area (TPSA) is 69.6 Å². The molecule has 2 aromatic carbocycles. The van der Waals surface area contributed by atoms with Crippen molar-refractivity contribution in [1.29, 1.82) is 0 Å². The molecule has 0 aliphatic carbocycles. The van der Waals surface area contributed by atoms with Crippen LogP contribution in [-0.2, 0) is 13.5 Å². The van der Waals surface area contributed by atoms with Crippen molar-refractivity contribution in [3.63, 3.8) is 0 Å². The number of ether oxygens (including phenoxy) is 2. The Morgan fingerprint density at radius 1 is 1.07 bits per heavy atom. The van der Waals surface area contributed by atoms with Gasteiger partial charge in [0.1, 0.15) is 5.56 Å². The maximum Gasteiger partial charge on any atom is 0.256 e. The number of para-hydroxylation sites is 1. The molecule has 0 saturated heterocycles. The van der Waals surface area contributed by atoms with Crippen LogP contribution in [0, 0.1) is 0 Å². The first-order valence-electron chi connectivity index (χ1n) is 8.62. The van der Waals surface area contributed by atoms with E-state index < -0.39 is 0 Å². The number of hydrogen-bond donors (Lipinski definition) is 1. The maximum absolute atomic E-state index is 12.6. The average Bonchev–Trinajstić information content (AvgIpc) is 2.70. The highest BCUT2D eigenvalue weighted by atomic mass is 16.5. The van der Waals surface area contributed by atoms with E-state index in [1.54, 1.807) is 37.1 Å². The van der Waals surface area contributed by atoms with Crippen molar-refractivity contribution in [3.05, 3.63) is 70.0 Å². The minimum absolute atomic E-state index is 0.142. The van der Waals surface area contributed by atoms with Gasteiger partial charge in [-0.05, 0) is 36.2 Å². The molecule has 6 nitrogen and oxygen atoms in total. The van der Waals surface area contributed by atoms with Crippen molar-refractivity contribution in [2.45, 2.75) is 6.42 Å². The van der Waals surface area contributed by atoms with Crippen LogP contribution < -0.4 is 20.2 Å². The van der Waals surface area contributed by atoms with Crippen LogP contribution >= 0.6 is 0 Å². The van der Waals surface area contributed by atoms with Gasteiger partial charge in [0.2, 0.25) is 5.43 Å². The summed E-state index contributed by atoms with van der Waals surface area (Å²) in [5, 5.41) is 3.36. The first-order valence-corrected chi connectivity index (χ1v) is 8.62. The van der Waals surface area contributed by atoms with Crippen molar-refractivity contribution in [3.8, 4) is 11.5 Å². The molecular weight excluding hydrogens is 344 g/mol. The maximum atomic E-state index is 12.6. The summed E-state index contributed by atoms with van der Waals surface area (Å²) in [6, 6.07) is 12.9. The van der Waals surface area contributed by atoms with Crippen molar-refractivity contribution < 1.29 is 14.3 Å². The summed E-state index contributed by atoms with van der Waals surface area (Å²) in [6.07, 6.45) is 2.19. The molecule has 27 heavy (non-hydrogen) atoms. The molecule has 0 fully saturated rings. The van der Waals surface area contributed by atoms with Crippen LogP contribution in [0.4, 0.5) is 0 Å². The number of methoxy groups -OCH3 is 2. The Morgan fingerprint density at radius 2 is 1.81 bits per heavy atom. The Bertz CT molecular complexity index is 1040. The molecule has 1 amide bonds. The predicted octanol–water partition coefficient (Wildman–Crippen LogP) is 2.53. The van der Waals surface area contributed by atoms with Crippen LogP contribution in [0.2, 0.25) is 0 Å². The molecule has 0 unspecified atom stereocenters. The molecule has 6 heteroatoms. The van der Waals surface area contributed by atoms with Gasteiger partial charge >= 0.3 is 0 Å². The lowest BCUT2D eigenvalue weighted by molar-refractivity contribution is 0.0952. The highest BCUT2D eigenvalue weighted by molar-refractivity contribution is 5.97. The fraction of sp³-hybridized carbons (Fsp3) is 0.238. The van der Waals surface area contributed by atoms with Crippen LogP contribution in [0.1, 0.15) is 15.9 Å². The summed E-state index contributed by atoms with van der Waals surface area (Å²) >= 11 is 0. The highest BCUT2D eigenvalue weighted by Crippen LogP contribution is 2.27. The van der Waals surface area contributed by atoms with E-state index in [1.165, 1.54) is 0 Å². The number of fused-ring (bicyclic) bond motifs is 1. The first-order chi connectivity index (χ1) is 13.0. The number of amides is 1. The molecule has 1 aromatic heterocycles. The Morgan fingerprint density at radius 3 is 2.56 bits per heavy atom. The third-order valence-electron chi connectivity index (χ3n) is 4.49. The Hall–Kier alpha value is -3.28. The van der Waals surface area contributed by atoms with Crippen LogP contribution in [-0.4, -0.2) is 31.2 Å². The van der Waals surface area contributed by atoms with Gasteiger partial charge < -0.3 is 19.4 Å². The molecule has 1 heterocycles. The molecule has 0 saturated carbocycles. The zero-order valence-electron chi connectivity index (χ0n) is 15.6. The van der Waals surface area contributed by atoms with Gasteiger partial charge in [-0.1, -0.05) is 18.2 Å². The number of carbonyl (C=O) groups is 1. The number of carbonyl (C=O) groups excluding carboxylic acids is 1. The molecule has 0 atom stereocenters. The Kier molecular flexibility index (Phi) is 5.45. The second-order valence-electron chi connectivity index (χ2n) is 6.20. The van der Waals surface area contributed by atoms with Gasteiger partial charge in [0.05, 0.1) is 19.7 Å². The number of pyridine rings is 1. The third kappa shape index (κ3) is 3.79. The van der Waals surface area contributed by atoms with Gasteiger partial charge in [0.25, 0.3) is 5.91 Å². The number of aromatic nitrogens is 1. The monoisotopic (exact) mass is 366 g/mol. The highest BCUT2D eigenvalue weighted by Gasteiger charge is 2.14. The molecule has 1 N–H and O–H groups in total. The van der Waals surface area contributed by atoms with Crippen LogP contribution in [0.3, 0.4) is 0 Å². The van der Waals surface area contributed by atoms with Gasteiger partial charge in [0.15, 0.2) is 11.5 Å². The smallest absolute Gasteiger partial charge is 0.256 e. The van der Waals surface area contributed by atoms with E-state index in [0.29, 0.717) is 29.9 Å². The Balaban J connectivity index is 1.73. The summed E-state index contributed by atoms with van der Waals surface area (Å²) in [5.74, 6) is 0.927. The van der Waals surface area contributed by atoms with Crippen LogP contribution in [0.15, 0.2) is 53.5 Å². The van der Waals surface area contributed by atoms with Gasteiger partial charge in [-0.2, -0.15) is 0 Å². The number of benzene rings is 2. The lowest BCUT2D eigenvalue weighted by atomic mass is 10.1. The standard InChI is InChI=1S/C21H22N2O4/c1-23-13-16(20(24)15-6-4-5-7-17(15)23)21(25)22-11-10-14-8-9-18(26-2)19(12-14)27-3/h4-9,12-13H,10-11H2,1-3H3,(H,22,25). The normalized spacial score (nSPS) is 10.6. The molecular formula is C21H22N2O4. The van der Waals surface area contributed by atoms with E-state index in [4.69, 9.17) is 9.47 Å². The summed E-state index contributed by atoms with van der Waals surface area (Å²) in [7, 11) is 4.99. The predicted molar refractivity (Wildman–Crippen MR) is 105 cm³/mol. The van der Waals surface area contributed by atoms with Crippen molar-refractivity contribution >= 4 is 16.8 Å². The first kappa shape index (κ1) is 18.5. The third-order valence-corrected chi connectivity index (χ3v) is 4.49. The molecule has 0 spiro atoms. The lowest BCUT2D eigenvalue weighted by Crippen LogP contribution is -2.31. The van der Waals surface area contributed by atoms with Crippen molar-refractivity contribution in [1.82, 2.24) is 9.88 Å². The molecule has 0 aliphatic heterocycles. The SMILES string of the molecule is COc1ccc(CCNC(=O)c2cn(C)c3ccccc3c2=O)cc1OC. The van der Waals surface area contributed by atoms with E-state index in [9.17, 15) is 9.59 Å². The van der Waals surface area contributed by atoms with Crippen molar-refractivity contribution in [2.24, 2.45) is 7.05 Å². The fourth-order valence-electron chi connectivity index (χ4n) is 3.05. The number of aryl methyl sites for hydroxylation is 1. The summed E-state index contributed by atoms with van der Waals surface area (Å²) in [5.41, 5.74) is 1.68. The summed E-state index contributed by atoms with van der Waals surface area (Å²) in [6.45, 7) is 0.407. The van der Waals surface area contributed by atoms with E-state index >= 15 is 0 Å². The van der Waals surface area contributed by atoms with E-state index in [-0.39, 0.29) is 16.9 Å². The Labute approximate surface area is 157 Å². The zero-order chi connectivity index (χ0) is 19.4. The number of nitrogens with one attached hydrogen (secondary N) is 1. The average molecular weight is 366 g/mol. The van der Waals surface area contributed by atoms with Crippen LogP contribution in [0.5, 0.6) is 11.5 Å². The summed E-state index contributed by atoms with van der Waals surface area (Å²) < 4.78 is 12.3. The molecule has 3 aromatic rings. The van der Waals surface area contributed by atoms with Crippen molar-refractivity contribution in [2.75, 3.05) is 20.8 Å². The molecule has 0 radical (unpaired) electrons. The van der Waals surface area contributed by atoms with E-state index in [2.05, 4.69) is 5.32 Å². The minimum atomic E-state index is -0.373. The zero-order valence-corrected chi connectivity index (χ0v) is 15.6. The quantitative estimate of drug-likeness (QED) is 0.728. The van der Waals surface area contributed by atoms with Gasteiger partial charge in [-0.25, -0.2) is 0 Å². The number of rotatable bonds is 6. The second kappa shape index (κ2) is 7.95. The molecule has 3 rings (SSSR count). The van der Waals surface area contributed by atoms with E-state index in [0.717, 1.165) is 11.1 Å². The van der Waals surface area contributed by atoms with E-state index in [1.807, 2.05) is 37.4 Å². The lowest BCUT2D eigenvalue weighted by Gasteiger charge is -2.11. The van der Waals surface area contributed by atoms with Gasteiger partial charge in [0, 0.05) is 25.2 Å². The molecule has 0 aliphatic rings. The number of nitrogens with zero attached hydrogens (tertiary/aromatic N) is 1. The van der Waals surface area contributed by atoms with Gasteiger partial charge in [-0.3, -0.25) is 9.59 Å². The number of hydrogen-bond acceptors (Lipinski definition) is 4. The van der Waals surface area contributed by atoms with Gasteiger partial charge in [-0.15, -0.1) is 0 Å². The molecule has 140 valence electrons. The molecule has 0 bridgehead atoms. The van der Waals surface area contributed by atoms with Crippen LogP contribution in [0.25, 0.3) is 10.9 Å². The fourth-order valence-corrected chi connectivity index (χ4v) is 3.05. The minimum Gasteiger partial charge on any atom is -0.493 e. The summed E-state index contributed by atoms with van der Waals surface area (Å²) in [4.78, 5) is 25.1. The largest absolute Gasteiger partial charge is 0.493 e.